The zero-order valence-corrected chi connectivity index (χ0v) is 11.4. The molecular formula is C12H16FN3O5. The number of alkyl halides is 1. The number of carbonyl (C=O) groups is 1. The van der Waals surface area contributed by atoms with Gasteiger partial charge in [0.1, 0.15) is 12.3 Å². The predicted molar refractivity (Wildman–Crippen MR) is 69.1 cm³/mol. The molecule has 0 unspecified atom stereocenters. The van der Waals surface area contributed by atoms with E-state index in [4.69, 9.17) is 15.2 Å². The van der Waals surface area contributed by atoms with Crippen molar-refractivity contribution >= 4 is 5.97 Å². The van der Waals surface area contributed by atoms with Gasteiger partial charge in [-0.15, -0.1) is 0 Å². The van der Waals surface area contributed by atoms with E-state index in [2.05, 4.69) is 4.98 Å². The van der Waals surface area contributed by atoms with Gasteiger partial charge in [0.25, 0.3) is 5.56 Å². The molecule has 0 aromatic carbocycles. The predicted octanol–water partition coefficient (Wildman–Crippen LogP) is -0.598. The number of aromatic nitrogens is 2. The Morgan fingerprint density at radius 3 is 3.05 bits per heavy atom. The minimum atomic E-state index is -2.18. The number of esters is 1. The highest BCUT2D eigenvalue weighted by atomic mass is 19.2. The number of carbonyl (C=O) groups excluding carboxylic acids is 1. The maximum absolute atomic E-state index is 14.4. The number of nitrogens with two attached hydrogens (primary N) is 1. The summed E-state index contributed by atoms with van der Waals surface area (Å²) in [6.45, 7) is 0.827. The second-order valence-electron chi connectivity index (χ2n) is 4.91. The first kappa shape index (κ1) is 15.4. The van der Waals surface area contributed by atoms with E-state index in [9.17, 15) is 18.8 Å². The van der Waals surface area contributed by atoms with E-state index in [1.165, 1.54) is 13.1 Å². The van der Waals surface area contributed by atoms with Crippen molar-refractivity contribution in [2.75, 3.05) is 6.61 Å². The van der Waals surface area contributed by atoms with Crippen molar-refractivity contribution < 1.29 is 18.7 Å². The molecule has 1 aromatic rings. The molecule has 1 aliphatic rings. The van der Waals surface area contributed by atoms with E-state index < -0.39 is 41.9 Å². The summed E-state index contributed by atoms with van der Waals surface area (Å²) in [5.74, 6) is -2.91. The lowest BCUT2D eigenvalue weighted by Crippen LogP contribution is -2.37. The van der Waals surface area contributed by atoms with Crippen molar-refractivity contribution in [3.8, 4) is 0 Å². The van der Waals surface area contributed by atoms with Crippen molar-refractivity contribution in [1.29, 1.82) is 0 Å². The smallest absolute Gasteiger partial charge is 0.330 e. The molecule has 2 rings (SSSR count). The number of ether oxygens (including phenoxy) is 2. The summed E-state index contributed by atoms with van der Waals surface area (Å²) in [4.78, 5) is 35.8. The van der Waals surface area contributed by atoms with Crippen LogP contribution in [0.2, 0.25) is 0 Å². The van der Waals surface area contributed by atoms with Crippen molar-refractivity contribution in [2.24, 2.45) is 5.73 Å². The minimum absolute atomic E-state index is 0.0462. The van der Waals surface area contributed by atoms with Gasteiger partial charge in [-0.1, -0.05) is 0 Å². The standard InChI is InChI=1S/C12H16FN3O5/c1-7(14)10(18)20-6-12(13)4-2-9(21-12)16-5-3-8(17)15-11(16)19/h3,5,7,9H,2,4,6,14H2,1H3,(H,15,17,19)/t7-,9+,12-/m0/s1. The average Bonchev–Trinajstić information content (AvgIpc) is 2.79. The minimum Gasteiger partial charge on any atom is -0.458 e. The van der Waals surface area contributed by atoms with E-state index in [-0.39, 0.29) is 12.8 Å². The fraction of sp³-hybridized carbons (Fsp3) is 0.583. The highest BCUT2D eigenvalue weighted by molar-refractivity contribution is 5.74. The molecule has 3 N–H and O–H groups in total. The van der Waals surface area contributed by atoms with Crippen LogP contribution < -0.4 is 17.0 Å². The summed E-state index contributed by atoms with van der Waals surface area (Å²) in [5, 5.41) is 0. The van der Waals surface area contributed by atoms with Crippen molar-refractivity contribution in [3.05, 3.63) is 33.1 Å². The second-order valence-corrected chi connectivity index (χ2v) is 4.91. The molecule has 0 amide bonds. The number of nitrogens with one attached hydrogen (secondary N) is 1. The van der Waals surface area contributed by atoms with Crippen LogP contribution in [0.15, 0.2) is 21.9 Å². The number of halogens is 1. The van der Waals surface area contributed by atoms with Crippen molar-refractivity contribution in [1.82, 2.24) is 9.55 Å². The van der Waals surface area contributed by atoms with Crippen LogP contribution in [0.3, 0.4) is 0 Å². The Bertz CT molecular complexity index is 640. The Balaban J connectivity index is 2.04. The molecule has 21 heavy (non-hydrogen) atoms. The third kappa shape index (κ3) is 3.56. The van der Waals surface area contributed by atoms with Gasteiger partial charge in [-0.05, 0) is 13.3 Å². The fourth-order valence-electron chi connectivity index (χ4n) is 1.97. The topological polar surface area (TPSA) is 116 Å². The molecule has 0 bridgehead atoms. The Morgan fingerprint density at radius 2 is 2.43 bits per heavy atom. The highest BCUT2D eigenvalue weighted by Crippen LogP contribution is 2.37. The lowest BCUT2D eigenvalue weighted by molar-refractivity contribution is -0.194. The van der Waals surface area contributed by atoms with Crippen LogP contribution in [-0.4, -0.2) is 34.0 Å². The van der Waals surface area contributed by atoms with E-state index >= 15 is 0 Å². The molecule has 1 aliphatic heterocycles. The van der Waals surface area contributed by atoms with Crippen LogP contribution in [0.25, 0.3) is 0 Å². The number of aromatic amines is 1. The van der Waals surface area contributed by atoms with Gasteiger partial charge in [-0.25, -0.2) is 9.18 Å². The molecular weight excluding hydrogens is 285 g/mol. The Labute approximate surface area is 118 Å². The number of H-pyrrole nitrogens is 1. The Hall–Kier alpha value is -2.00. The monoisotopic (exact) mass is 301 g/mol. The summed E-state index contributed by atoms with van der Waals surface area (Å²) >= 11 is 0. The summed E-state index contributed by atoms with van der Waals surface area (Å²) in [5.41, 5.74) is 4.06. The van der Waals surface area contributed by atoms with Gasteiger partial charge in [-0.2, -0.15) is 0 Å². The first-order valence-corrected chi connectivity index (χ1v) is 6.41. The average molecular weight is 301 g/mol. The van der Waals surface area contributed by atoms with Crippen LogP contribution in [0.1, 0.15) is 26.0 Å². The first-order valence-electron chi connectivity index (χ1n) is 6.41. The zero-order chi connectivity index (χ0) is 15.6. The molecule has 8 nitrogen and oxygen atoms in total. The lowest BCUT2D eigenvalue weighted by atomic mass is 10.2. The molecule has 2 heterocycles. The SMILES string of the molecule is C[C@H](N)C(=O)OC[C@]1(F)CC[C@H](n2ccc(=O)[nH]c2=O)O1. The van der Waals surface area contributed by atoms with Gasteiger partial charge in [0.2, 0.25) is 5.85 Å². The van der Waals surface area contributed by atoms with Crippen LogP contribution in [0.4, 0.5) is 4.39 Å². The van der Waals surface area contributed by atoms with Gasteiger partial charge >= 0.3 is 11.7 Å². The molecule has 9 heteroatoms. The molecule has 3 atom stereocenters. The number of rotatable bonds is 4. The van der Waals surface area contributed by atoms with Gasteiger partial charge in [0.15, 0.2) is 6.61 Å². The van der Waals surface area contributed by atoms with E-state index in [0.717, 1.165) is 10.6 Å². The molecule has 0 spiro atoms. The fourth-order valence-corrected chi connectivity index (χ4v) is 1.97. The quantitative estimate of drug-likeness (QED) is 0.717. The molecule has 1 fully saturated rings. The van der Waals surface area contributed by atoms with E-state index in [1.807, 2.05) is 0 Å². The highest BCUT2D eigenvalue weighted by Gasteiger charge is 2.43. The van der Waals surface area contributed by atoms with Gasteiger partial charge in [0, 0.05) is 18.7 Å². The molecule has 1 aromatic heterocycles. The largest absolute Gasteiger partial charge is 0.458 e. The van der Waals surface area contributed by atoms with Crippen LogP contribution in [-0.2, 0) is 14.3 Å². The van der Waals surface area contributed by atoms with Crippen molar-refractivity contribution in [3.63, 3.8) is 0 Å². The summed E-state index contributed by atoms with van der Waals surface area (Å²) < 4.78 is 25.3. The van der Waals surface area contributed by atoms with E-state index in [0.29, 0.717) is 0 Å². The van der Waals surface area contributed by atoms with Crippen LogP contribution in [0.5, 0.6) is 0 Å². The normalized spacial score (nSPS) is 26.5. The molecule has 116 valence electrons. The molecule has 0 radical (unpaired) electrons. The third-order valence-corrected chi connectivity index (χ3v) is 3.08. The number of hydrogen-bond donors (Lipinski definition) is 2. The van der Waals surface area contributed by atoms with Crippen LogP contribution in [0, 0.1) is 0 Å². The summed E-state index contributed by atoms with van der Waals surface area (Å²) in [6, 6.07) is 0.284. The molecule has 1 saturated heterocycles. The number of nitrogens with zero attached hydrogens (tertiary/aromatic N) is 1. The first-order chi connectivity index (χ1) is 9.81. The Morgan fingerprint density at radius 1 is 1.71 bits per heavy atom. The van der Waals surface area contributed by atoms with Crippen molar-refractivity contribution in [2.45, 2.75) is 37.9 Å². The number of hydrogen-bond acceptors (Lipinski definition) is 6. The Kier molecular flexibility index (Phi) is 4.24. The van der Waals surface area contributed by atoms with Crippen LogP contribution >= 0.6 is 0 Å². The van der Waals surface area contributed by atoms with E-state index in [1.54, 1.807) is 0 Å². The zero-order valence-electron chi connectivity index (χ0n) is 11.4. The van der Waals surface area contributed by atoms with Gasteiger partial charge in [-0.3, -0.25) is 19.1 Å². The molecule has 0 saturated carbocycles. The van der Waals surface area contributed by atoms with Gasteiger partial charge < -0.3 is 15.2 Å². The maximum Gasteiger partial charge on any atom is 0.330 e. The second kappa shape index (κ2) is 5.78. The maximum atomic E-state index is 14.4. The van der Waals surface area contributed by atoms with Gasteiger partial charge in [0.05, 0.1) is 0 Å². The molecule has 0 aliphatic carbocycles. The summed E-state index contributed by atoms with van der Waals surface area (Å²) in [6.07, 6.45) is 0.521. The lowest BCUT2D eigenvalue weighted by Gasteiger charge is -2.21. The third-order valence-electron chi connectivity index (χ3n) is 3.08. The summed E-state index contributed by atoms with van der Waals surface area (Å²) in [7, 11) is 0.